The third-order valence-electron chi connectivity index (χ3n) is 11.5. The molecule has 258 valence electrons. The van der Waals surface area contributed by atoms with Crippen molar-refractivity contribution in [1.82, 2.24) is 5.32 Å². The van der Waals surface area contributed by atoms with Gasteiger partial charge >= 0.3 is 5.97 Å². The maximum Gasteiger partial charge on any atom is 0.328 e. The number of esters is 1. The summed E-state index contributed by atoms with van der Waals surface area (Å²) in [6.07, 6.45) is 5.15. The number of allylic oxidation sites excluding steroid dienone is 2. The molecule has 5 rings (SSSR count). The number of nitrogens with one attached hydrogen (secondary N) is 1. The Morgan fingerprint density at radius 3 is 2.60 bits per heavy atom. The zero-order valence-corrected chi connectivity index (χ0v) is 26.8. The van der Waals surface area contributed by atoms with Crippen LogP contribution < -0.4 is 15.6 Å². The molecule has 8 atom stereocenters. The van der Waals surface area contributed by atoms with Crippen molar-refractivity contribution in [3.8, 4) is 5.75 Å². The van der Waals surface area contributed by atoms with E-state index in [9.17, 15) is 45.2 Å². The first kappa shape index (κ1) is 34.8. The summed E-state index contributed by atoms with van der Waals surface area (Å²) < 4.78 is 4.79. The predicted molar refractivity (Wildman–Crippen MR) is 163 cm³/mol. The van der Waals surface area contributed by atoms with Crippen LogP contribution in [0.4, 0.5) is 5.69 Å². The van der Waals surface area contributed by atoms with Gasteiger partial charge in [0.05, 0.1) is 24.6 Å². The van der Waals surface area contributed by atoms with Crippen LogP contribution in [-0.4, -0.2) is 87.2 Å². The van der Waals surface area contributed by atoms with Crippen molar-refractivity contribution in [2.75, 3.05) is 25.6 Å². The van der Waals surface area contributed by atoms with Gasteiger partial charge in [-0.25, -0.2) is 4.79 Å². The van der Waals surface area contributed by atoms with Gasteiger partial charge in [-0.3, -0.25) is 20.0 Å². The van der Waals surface area contributed by atoms with Gasteiger partial charge in [0, 0.05) is 11.8 Å². The number of ether oxygens (including phenoxy) is 1. The van der Waals surface area contributed by atoms with E-state index in [2.05, 4.69) is 17.4 Å². The average Bonchev–Trinajstić information content (AvgIpc) is 3.30. The Balaban J connectivity index is 1.23. The van der Waals surface area contributed by atoms with Crippen molar-refractivity contribution < 1.29 is 54.8 Å². The molecule has 0 spiro atoms. The minimum absolute atomic E-state index is 0.0488. The number of benzene rings is 1. The van der Waals surface area contributed by atoms with Crippen LogP contribution >= 0.6 is 0 Å². The zero-order valence-electron chi connectivity index (χ0n) is 26.8. The summed E-state index contributed by atoms with van der Waals surface area (Å²) >= 11 is 0. The molecule has 0 unspecified atom stereocenters. The van der Waals surface area contributed by atoms with Crippen LogP contribution in [-0.2, 0) is 30.4 Å². The molecule has 0 aliphatic heterocycles. The molecule has 3 saturated carbocycles. The number of amides is 1. The summed E-state index contributed by atoms with van der Waals surface area (Å²) in [6.45, 7) is 2.84. The van der Waals surface area contributed by atoms with Gasteiger partial charge in [0.25, 0.3) is 5.91 Å². The van der Waals surface area contributed by atoms with Gasteiger partial charge in [0.2, 0.25) is 0 Å². The maximum atomic E-state index is 12.7. The molecule has 0 heterocycles. The molecule has 4 aliphatic carbocycles. The number of aliphatic hydroxyl groups excluding tert-OH is 2. The highest BCUT2D eigenvalue weighted by molar-refractivity contribution is 5.96. The van der Waals surface area contributed by atoms with Crippen LogP contribution in [0.2, 0.25) is 0 Å². The van der Waals surface area contributed by atoms with E-state index in [-0.39, 0.29) is 47.7 Å². The monoisotopic (exact) mass is 658 g/mol. The molecule has 0 radical (unpaired) electrons. The van der Waals surface area contributed by atoms with Crippen LogP contribution in [0.15, 0.2) is 35.0 Å². The lowest BCUT2D eigenvalue weighted by Gasteiger charge is -2.60. The van der Waals surface area contributed by atoms with E-state index in [4.69, 9.17) is 9.57 Å². The Labute approximate surface area is 272 Å². The number of rotatable bonds is 10. The number of nitrogens with zero attached hydrogens (tertiary/aromatic N) is 2. The zero-order chi connectivity index (χ0) is 34.3. The van der Waals surface area contributed by atoms with E-state index in [0.717, 1.165) is 31.6 Å². The third kappa shape index (κ3) is 6.13. The maximum absolute atomic E-state index is 12.7. The highest BCUT2D eigenvalue weighted by atomic mass is 16.8. The summed E-state index contributed by atoms with van der Waals surface area (Å²) in [5.74, 6) is -2.51. The van der Waals surface area contributed by atoms with Gasteiger partial charge in [-0.2, -0.15) is 0 Å². The van der Waals surface area contributed by atoms with E-state index >= 15 is 0 Å². The molecule has 1 amide bonds. The molecule has 0 bridgehead atoms. The van der Waals surface area contributed by atoms with Crippen LogP contribution in [0.5, 0.6) is 5.75 Å². The lowest BCUT2D eigenvalue weighted by Crippen LogP contribution is -2.62. The van der Waals surface area contributed by atoms with Crippen LogP contribution in [0.25, 0.3) is 0 Å². The molecule has 47 heavy (non-hydrogen) atoms. The third-order valence-corrected chi connectivity index (χ3v) is 11.5. The molecule has 4 aliphatic rings. The van der Waals surface area contributed by atoms with Gasteiger partial charge in [0.15, 0.2) is 12.4 Å². The number of carbonyl (C=O) groups is 3. The number of hydrogen-bond donors (Lipinski definition) is 6. The molecule has 14 heteroatoms. The lowest BCUT2D eigenvalue weighted by atomic mass is 9.45. The highest BCUT2D eigenvalue weighted by Crippen LogP contribution is 2.67. The van der Waals surface area contributed by atoms with E-state index < -0.39 is 65.5 Å². The van der Waals surface area contributed by atoms with E-state index in [1.165, 1.54) is 12.1 Å². The fraction of sp³-hybridized carbons (Fsp3) is 0.636. The number of ketones is 1. The van der Waals surface area contributed by atoms with Crippen LogP contribution in [0, 0.1) is 28.6 Å². The van der Waals surface area contributed by atoms with Gasteiger partial charge < -0.3 is 35.3 Å². The van der Waals surface area contributed by atoms with E-state index in [1.54, 1.807) is 0 Å². The minimum atomic E-state index is -1.64. The second kappa shape index (κ2) is 13.2. The minimum Gasteiger partial charge on any atom is -0.871 e. The number of aliphatic hydroxyl groups is 3. The summed E-state index contributed by atoms with van der Waals surface area (Å²) in [7, 11) is 1.16. The second-order valence-electron chi connectivity index (χ2n) is 13.9. The SMILES string of the molecule is COC(=O)[C@@H](Cc1ccc([O-])c(N(O)O)c1)NC(=O)CON=C1C=C2CC[C@@H]3[C@H]([C@H](O)C[C@]4(C)[C@@H]3CC[C@]4(O)C(=O)CO)[C@@]2(C)CC1. The molecular weight excluding hydrogens is 614 g/mol. The summed E-state index contributed by atoms with van der Waals surface area (Å²) in [5.41, 5.74) is -1.03. The Morgan fingerprint density at radius 1 is 1.17 bits per heavy atom. The van der Waals surface area contributed by atoms with Crippen molar-refractivity contribution in [1.29, 1.82) is 0 Å². The quantitative estimate of drug-likeness (QED) is 0.154. The summed E-state index contributed by atoms with van der Waals surface area (Å²) in [5, 5.41) is 69.3. The fourth-order valence-electron chi connectivity index (χ4n) is 9.19. The van der Waals surface area contributed by atoms with Gasteiger partial charge in [-0.05, 0) is 85.8 Å². The molecule has 0 aromatic heterocycles. The number of hydrogen-bond acceptors (Lipinski definition) is 13. The predicted octanol–water partition coefficient (Wildman–Crippen LogP) is 1.14. The smallest absolute Gasteiger partial charge is 0.328 e. The molecule has 3 fully saturated rings. The average molecular weight is 659 g/mol. The molecule has 0 saturated heterocycles. The lowest BCUT2D eigenvalue weighted by molar-refractivity contribution is -0.268. The van der Waals surface area contributed by atoms with E-state index in [1.807, 2.05) is 13.0 Å². The summed E-state index contributed by atoms with van der Waals surface area (Å²) in [6, 6.07) is 2.54. The number of anilines is 1. The summed E-state index contributed by atoms with van der Waals surface area (Å²) in [4.78, 5) is 43.1. The Morgan fingerprint density at radius 2 is 1.91 bits per heavy atom. The van der Waals surface area contributed by atoms with Gasteiger partial charge in [-0.1, -0.05) is 42.5 Å². The molecule has 1 aromatic rings. The molecular formula is C33H44N3O11-. The van der Waals surface area contributed by atoms with Crippen molar-refractivity contribution >= 4 is 29.1 Å². The van der Waals surface area contributed by atoms with Gasteiger partial charge in [-0.15, -0.1) is 5.23 Å². The Bertz CT molecular complexity index is 1460. The first-order chi connectivity index (χ1) is 22.2. The first-order valence-electron chi connectivity index (χ1n) is 16.0. The number of Topliss-reactive ketones (excluding diaryl/α,β-unsaturated/α-hetero) is 1. The van der Waals surface area contributed by atoms with Crippen molar-refractivity contribution in [2.24, 2.45) is 33.7 Å². The number of methoxy groups -OCH3 is 1. The van der Waals surface area contributed by atoms with Crippen LogP contribution in [0.3, 0.4) is 0 Å². The largest absolute Gasteiger partial charge is 0.871 e. The van der Waals surface area contributed by atoms with Crippen molar-refractivity contribution in [2.45, 2.75) is 83.0 Å². The number of fused-ring (bicyclic) bond motifs is 5. The topological polar surface area (TPSA) is 222 Å². The molecule has 1 aromatic carbocycles. The fourth-order valence-corrected chi connectivity index (χ4v) is 9.19. The van der Waals surface area contributed by atoms with E-state index in [0.29, 0.717) is 30.5 Å². The van der Waals surface area contributed by atoms with Gasteiger partial charge in [0.1, 0.15) is 18.2 Å². The number of carbonyl (C=O) groups excluding carboxylic acids is 3. The van der Waals surface area contributed by atoms with Crippen LogP contribution in [0.1, 0.15) is 64.4 Å². The standard InChI is InChI=1S/C33H45N3O11/c1-31-10-8-20(35-47-17-28(41)34-23(30(42)46-3)12-18-4-7-25(38)24(13-18)36(44)45)14-19(31)5-6-21-22-9-11-33(43,27(40)16-37)32(22,2)15-26(39)29(21)31/h4,7,13-14,21-23,26,29,37-39,43-45H,5-6,8-12,15-17H2,1-3H3,(H,34,41)/p-1/t21-,22+,23+,26+,29+,31-,32+,33-/m0/s1. The molecule has 14 nitrogen and oxygen atoms in total. The second-order valence-corrected chi connectivity index (χ2v) is 13.9. The Hall–Kier alpha value is -3.56. The highest BCUT2D eigenvalue weighted by Gasteiger charge is 2.68. The van der Waals surface area contributed by atoms with Crippen molar-refractivity contribution in [3.05, 3.63) is 35.4 Å². The Kier molecular flexibility index (Phi) is 9.73. The first-order valence-corrected chi connectivity index (χ1v) is 16.0. The van der Waals surface area contributed by atoms with Crippen molar-refractivity contribution in [3.63, 3.8) is 0 Å². The number of oxime groups is 1. The normalized spacial score (nSPS) is 34.3. The molecule has 6 N–H and O–H groups in total.